The smallest absolute Gasteiger partial charge is 0.166 e. The van der Waals surface area contributed by atoms with Gasteiger partial charge in [-0.05, 0) is 0 Å². The number of rotatable bonds is 0. The number of hydrogen-bond acceptors (Lipinski definition) is 3. The summed E-state index contributed by atoms with van der Waals surface area (Å²) >= 11 is 0. The van der Waals surface area contributed by atoms with Gasteiger partial charge >= 0.3 is 0 Å². The van der Waals surface area contributed by atoms with Gasteiger partial charge in [-0.15, -0.1) is 0 Å². The van der Waals surface area contributed by atoms with Crippen LogP contribution in [0.1, 0.15) is 0 Å². The second-order valence-corrected chi connectivity index (χ2v) is 1.03. The van der Waals surface area contributed by atoms with Crippen LogP contribution in [-0.4, -0.2) is 19.7 Å². The van der Waals surface area contributed by atoms with Crippen LogP contribution >= 0.6 is 0 Å². The Morgan fingerprint density at radius 2 is 2.67 bits per heavy atom. The maximum atomic E-state index is 3.70. The van der Waals surface area contributed by atoms with Crippen molar-refractivity contribution in [3.05, 3.63) is 0 Å². The van der Waals surface area contributed by atoms with Crippen molar-refractivity contribution in [3.63, 3.8) is 0 Å². The maximum Gasteiger partial charge on any atom is 0.166 e. The fourth-order valence-electron chi connectivity index (χ4n) is 0.309. The summed E-state index contributed by atoms with van der Waals surface area (Å²) in [5.41, 5.74) is 0. The molecule has 0 bridgehead atoms. The summed E-state index contributed by atoms with van der Waals surface area (Å²) in [4.78, 5) is 3.70. The van der Waals surface area contributed by atoms with Crippen LogP contribution in [0.25, 0.3) is 0 Å². The van der Waals surface area contributed by atoms with E-state index < -0.39 is 0 Å². The average molecular weight is 84.1 g/mol. The van der Waals surface area contributed by atoms with Crippen molar-refractivity contribution in [3.8, 4) is 0 Å². The highest BCUT2D eigenvalue weighted by Crippen LogP contribution is 1.62. The zero-order valence-corrected chi connectivity index (χ0v) is 3.36. The van der Waals surface area contributed by atoms with Crippen LogP contribution in [0.2, 0.25) is 0 Å². The summed E-state index contributed by atoms with van der Waals surface area (Å²) in [6, 6.07) is 0. The first kappa shape index (κ1) is 3.61. The average Bonchev–Trinajstić information content (AvgIpc) is 1.72. The molecule has 1 aliphatic rings. The lowest BCUT2D eigenvalue weighted by atomic mass is 10.8. The summed E-state index contributed by atoms with van der Waals surface area (Å²) in [7, 11) is 0. The van der Waals surface area contributed by atoms with Gasteiger partial charge in [0.2, 0.25) is 0 Å². The van der Waals surface area contributed by atoms with Crippen LogP contribution in [-0.2, 0) is 0 Å². The zero-order valence-electron chi connectivity index (χ0n) is 3.36. The molecular weight excluding hydrogens is 78.1 g/mol. The Balaban J connectivity index is 2.26. The van der Waals surface area contributed by atoms with E-state index in [9.17, 15) is 0 Å². The van der Waals surface area contributed by atoms with E-state index in [0.717, 1.165) is 6.67 Å². The quantitative estimate of drug-likeness (QED) is 0.395. The molecular formula is C3H6N3. The van der Waals surface area contributed by atoms with E-state index in [1.54, 1.807) is 0 Å². The lowest BCUT2D eigenvalue weighted by Gasteiger charge is -2.03. The van der Waals surface area contributed by atoms with Crippen LogP contribution in [0.3, 0.4) is 0 Å². The minimum Gasteiger partial charge on any atom is -0.355 e. The molecule has 0 aromatic heterocycles. The molecule has 1 aliphatic heterocycles. The van der Waals surface area contributed by atoms with Gasteiger partial charge in [-0.2, -0.15) is 0 Å². The van der Waals surface area contributed by atoms with Gasteiger partial charge in [0.15, 0.2) is 6.34 Å². The Morgan fingerprint density at radius 1 is 1.67 bits per heavy atom. The van der Waals surface area contributed by atoms with Gasteiger partial charge < -0.3 is 5.32 Å². The number of nitrogens with zero attached hydrogens (tertiary/aromatic N) is 1. The predicted molar refractivity (Wildman–Crippen MR) is 23.4 cm³/mol. The Labute approximate surface area is 36.5 Å². The van der Waals surface area contributed by atoms with E-state index >= 15 is 0 Å². The first-order chi connectivity index (χ1) is 3.00. The van der Waals surface area contributed by atoms with Gasteiger partial charge in [-0.25, -0.2) is 4.99 Å². The first-order valence-electron chi connectivity index (χ1n) is 1.85. The van der Waals surface area contributed by atoms with Crippen LogP contribution in [0.4, 0.5) is 0 Å². The highest BCUT2D eigenvalue weighted by atomic mass is 15.2. The lowest BCUT2D eigenvalue weighted by molar-refractivity contribution is 0.656. The number of aliphatic imine (C=N–C) groups is 1. The van der Waals surface area contributed by atoms with E-state index in [-0.39, 0.29) is 0 Å². The molecule has 0 atom stereocenters. The van der Waals surface area contributed by atoms with Gasteiger partial charge in [-0.1, -0.05) is 0 Å². The summed E-state index contributed by atoms with van der Waals surface area (Å²) in [5.74, 6) is 0. The molecule has 0 saturated carbocycles. The second kappa shape index (κ2) is 1.77. The molecule has 0 saturated heterocycles. The van der Waals surface area contributed by atoms with E-state index in [1.807, 2.05) is 0 Å². The fraction of sp³-hybridized carbons (Fsp3) is 0.667. The second-order valence-electron chi connectivity index (χ2n) is 1.03. The molecule has 0 unspecified atom stereocenters. The lowest BCUT2D eigenvalue weighted by Crippen LogP contribution is -2.32. The van der Waals surface area contributed by atoms with Crippen LogP contribution in [0.5, 0.6) is 0 Å². The van der Waals surface area contributed by atoms with E-state index in [2.05, 4.69) is 22.0 Å². The Hall–Kier alpha value is -0.570. The molecule has 0 amide bonds. The standard InChI is InChI=1S/C3H6N3/c1-4-2-6-3-5-1/h4H,1-2H2,(H,5,6). The molecule has 0 aromatic carbocycles. The van der Waals surface area contributed by atoms with E-state index in [4.69, 9.17) is 0 Å². The molecule has 6 heavy (non-hydrogen) atoms. The van der Waals surface area contributed by atoms with Crippen molar-refractivity contribution in [2.24, 2.45) is 4.99 Å². The minimum absolute atomic E-state index is 0.701. The van der Waals surface area contributed by atoms with Crippen molar-refractivity contribution >= 4 is 6.34 Å². The highest BCUT2D eigenvalue weighted by molar-refractivity contribution is 5.54. The fourth-order valence-corrected chi connectivity index (χ4v) is 0.309. The minimum atomic E-state index is 0.701. The predicted octanol–water partition coefficient (Wildman–Crippen LogP) is -1.00. The molecule has 1 rings (SSSR count). The van der Waals surface area contributed by atoms with Crippen LogP contribution in [0, 0.1) is 0 Å². The molecule has 1 heterocycles. The summed E-state index contributed by atoms with van der Waals surface area (Å²) in [6.45, 7) is 1.50. The van der Waals surface area contributed by atoms with Crippen molar-refractivity contribution in [1.29, 1.82) is 0 Å². The summed E-state index contributed by atoms with van der Waals surface area (Å²) in [5, 5.41) is 5.70. The summed E-state index contributed by atoms with van der Waals surface area (Å²) in [6.07, 6.45) is 2.60. The molecule has 0 spiro atoms. The number of nitrogens with one attached hydrogen (secondary N) is 2. The van der Waals surface area contributed by atoms with Gasteiger partial charge in [-0.3, -0.25) is 5.32 Å². The number of hydrogen-bond donors (Lipinski definition) is 2. The molecule has 3 heteroatoms. The Morgan fingerprint density at radius 3 is 2.83 bits per heavy atom. The Kier molecular flexibility index (Phi) is 1.06. The van der Waals surface area contributed by atoms with Gasteiger partial charge in [0, 0.05) is 0 Å². The van der Waals surface area contributed by atoms with Crippen molar-refractivity contribution in [2.45, 2.75) is 0 Å². The van der Waals surface area contributed by atoms with Gasteiger partial charge in [0.25, 0.3) is 0 Å². The molecule has 0 aromatic rings. The Bertz CT molecular complexity index is 51.1. The van der Waals surface area contributed by atoms with Crippen LogP contribution < -0.4 is 10.6 Å². The van der Waals surface area contributed by atoms with E-state index in [1.165, 1.54) is 0 Å². The third-order valence-electron chi connectivity index (χ3n) is 0.562. The topological polar surface area (TPSA) is 36.4 Å². The van der Waals surface area contributed by atoms with Crippen molar-refractivity contribution in [2.75, 3.05) is 13.3 Å². The summed E-state index contributed by atoms with van der Waals surface area (Å²) < 4.78 is 0. The first-order valence-corrected chi connectivity index (χ1v) is 1.85. The molecule has 0 fully saturated rings. The molecule has 1 radical (unpaired) electrons. The highest BCUT2D eigenvalue weighted by Gasteiger charge is 1.83. The third-order valence-corrected chi connectivity index (χ3v) is 0.562. The van der Waals surface area contributed by atoms with Crippen molar-refractivity contribution in [1.82, 2.24) is 10.6 Å². The maximum absolute atomic E-state index is 3.70. The normalized spacial score (nSPS) is 20.0. The third kappa shape index (κ3) is 0.687. The monoisotopic (exact) mass is 84.1 g/mol. The zero-order chi connectivity index (χ0) is 4.24. The van der Waals surface area contributed by atoms with Gasteiger partial charge in [0.1, 0.15) is 0 Å². The molecule has 0 aliphatic carbocycles. The van der Waals surface area contributed by atoms with Gasteiger partial charge in [0.05, 0.1) is 13.3 Å². The van der Waals surface area contributed by atoms with Crippen molar-refractivity contribution < 1.29 is 0 Å². The largest absolute Gasteiger partial charge is 0.355 e. The van der Waals surface area contributed by atoms with Crippen LogP contribution in [0.15, 0.2) is 4.99 Å². The van der Waals surface area contributed by atoms with E-state index in [0.29, 0.717) is 6.67 Å². The molecule has 2 N–H and O–H groups in total. The molecule has 33 valence electrons. The SMILES string of the molecule is [C]1=NCNCN1. The molecule has 3 nitrogen and oxygen atoms in total.